The Morgan fingerprint density at radius 2 is 1.92 bits per heavy atom. The molecule has 0 aliphatic carbocycles. The van der Waals surface area contributed by atoms with E-state index in [2.05, 4.69) is 0 Å². The summed E-state index contributed by atoms with van der Waals surface area (Å²) >= 11 is 5.99. The maximum absolute atomic E-state index is 12.3. The lowest BCUT2D eigenvalue weighted by Gasteiger charge is -2.04. The Bertz CT molecular complexity index is 893. The second-order valence-electron chi connectivity index (χ2n) is 5.11. The van der Waals surface area contributed by atoms with Crippen LogP contribution in [0.1, 0.15) is 16.1 Å². The van der Waals surface area contributed by atoms with Crippen molar-refractivity contribution in [3.05, 3.63) is 83.1 Å². The molecule has 0 spiro atoms. The van der Waals surface area contributed by atoms with Gasteiger partial charge >= 0.3 is 0 Å². The van der Waals surface area contributed by atoms with E-state index in [1.807, 2.05) is 36.4 Å². The summed E-state index contributed by atoms with van der Waals surface area (Å²) in [6.45, 7) is 0. The van der Waals surface area contributed by atoms with Crippen LogP contribution in [-0.4, -0.2) is 12.9 Å². The fourth-order valence-corrected chi connectivity index (χ4v) is 2.53. The lowest BCUT2D eigenvalue weighted by atomic mass is 10.1. The highest BCUT2D eigenvalue weighted by Gasteiger charge is 2.09. The van der Waals surface area contributed by atoms with Gasteiger partial charge in [-0.2, -0.15) is 0 Å². The second kappa shape index (κ2) is 7.20. The van der Waals surface area contributed by atoms with E-state index in [9.17, 15) is 4.79 Å². The summed E-state index contributed by atoms with van der Waals surface area (Å²) in [6, 6.07) is 18.2. The van der Waals surface area contributed by atoms with Gasteiger partial charge < -0.3 is 9.15 Å². The van der Waals surface area contributed by atoms with Crippen molar-refractivity contribution < 1.29 is 13.9 Å². The molecule has 0 radical (unpaired) electrons. The minimum absolute atomic E-state index is 0.145. The van der Waals surface area contributed by atoms with Crippen molar-refractivity contribution in [1.29, 1.82) is 0 Å². The molecule has 0 aliphatic heterocycles. The number of hydrogen-bond donors (Lipinski definition) is 0. The van der Waals surface area contributed by atoms with Crippen molar-refractivity contribution >= 4 is 23.5 Å². The molecule has 4 heteroatoms. The number of hydrogen-bond acceptors (Lipinski definition) is 3. The molecule has 3 nitrogen and oxygen atoms in total. The maximum Gasteiger partial charge on any atom is 0.189 e. The summed E-state index contributed by atoms with van der Waals surface area (Å²) < 4.78 is 10.9. The monoisotopic (exact) mass is 338 g/mol. The molecule has 24 heavy (non-hydrogen) atoms. The Labute approximate surface area is 145 Å². The molecule has 0 N–H and O–H groups in total. The summed E-state index contributed by atoms with van der Waals surface area (Å²) in [5.74, 6) is 1.69. The number of furan rings is 1. The number of methoxy groups -OCH3 is 1. The number of ketones is 1. The van der Waals surface area contributed by atoms with E-state index >= 15 is 0 Å². The fourth-order valence-electron chi connectivity index (χ4n) is 2.34. The van der Waals surface area contributed by atoms with Crippen LogP contribution in [0.2, 0.25) is 5.02 Å². The third-order valence-corrected chi connectivity index (χ3v) is 3.74. The van der Waals surface area contributed by atoms with Crippen LogP contribution in [0.3, 0.4) is 0 Å². The molecule has 0 bridgehead atoms. The van der Waals surface area contributed by atoms with Gasteiger partial charge in [-0.05, 0) is 48.6 Å². The Morgan fingerprint density at radius 1 is 1.08 bits per heavy atom. The summed E-state index contributed by atoms with van der Waals surface area (Å²) in [4.78, 5) is 12.3. The second-order valence-corrected chi connectivity index (χ2v) is 5.55. The smallest absolute Gasteiger partial charge is 0.189 e. The normalized spacial score (nSPS) is 10.9. The Kier molecular flexibility index (Phi) is 4.82. The van der Waals surface area contributed by atoms with Gasteiger partial charge in [0.05, 0.1) is 12.7 Å². The molecule has 1 aromatic heterocycles. The summed E-state index contributed by atoms with van der Waals surface area (Å²) in [5.41, 5.74) is 1.40. The number of halogens is 1. The van der Waals surface area contributed by atoms with Gasteiger partial charge in [0, 0.05) is 10.6 Å². The van der Waals surface area contributed by atoms with Crippen LogP contribution in [0.4, 0.5) is 0 Å². The zero-order chi connectivity index (χ0) is 16.9. The van der Waals surface area contributed by atoms with Crippen molar-refractivity contribution in [3.63, 3.8) is 0 Å². The highest BCUT2D eigenvalue weighted by molar-refractivity contribution is 6.30. The minimum Gasteiger partial charge on any atom is -0.496 e. The first-order chi connectivity index (χ1) is 11.7. The van der Waals surface area contributed by atoms with Crippen LogP contribution < -0.4 is 4.74 Å². The maximum atomic E-state index is 12.3. The van der Waals surface area contributed by atoms with Gasteiger partial charge in [-0.3, -0.25) is 4.79 Å². The van der Waals surface area contributed by atoms with Crippen LogP contribution in [0.25, 0.3) is 17.4 Å². The predicted octanol–water partition coefficient (Wildman–Crippen LogP) is 5.50. The Balaban J connectivity index is 1.79. The lowest BCUT2D eigenvalue weighted by molar-refractivity contribution is 0.104. The first-order valence-corrected chi connectivity index (χ1v) is 7.76. The van der Waals surface area contributed by atoms with E-state index in [4.69, 9.17) is 20.8 Å². The number of para-hydroxylation sites is 1. The van der Waals surface area contributed by atoms with Crippen molar-refractivity contribution in [2.45, 2.75) is 0 Å². The largest absolute Gasteiger partial charge is 0.496 e. The molecule has 1 heterocycles. The Hall–Kier alpha value is -2.78. The van der Waals surface area contributed by atoms with Gasteiger partial charge in [0.15, 0.2) is 5.78 Å². The molecule has 0 saturated carbocycles. The summed E-state index contributed by atoms with van der Waals surface area (Å²) in [7, 11) is 1.54. The van der Waals surface area contributed by atoms with E-state index in [-0.39, 0.29) is 5.78 Å². The number of benzene rings is 2. The van der Waals surface area contributed by atoms with Gasteiger partial charge in [-0.1, -0.05) is 35.9 Å². The third kappa shape index (κ3) is 3.58. The van der Waals surface area contributed by atoms with Crippen LogP contribution in [0.15, 0.2) is 71.2 Å². The molecule has 3 aromatic rings. The number of carbonyl (C=O) groups excluding carboxylic acids is 1. The predicted molar refractivity (Wildman–Crippen MR) is 95.5 cm³/mol. The molecular weight excluding hydrogens is 324 g/mol. The Morgan fingerprint density at radius 3 is 2.71 bits per heavy atom. The molecule has 3 rings (SSSR count). The lowest BCUT2D eigenvalue weighted by Crippen LogP contribution is -1.98. The van der Waals surface area contributed by atoms with Crippen molar-refractivity contribution in [2.75, 3.05) is 7.11 Å². The molecule has 120 valence electrons. The van der Waals surface area contributed by atoms with Crippen LogP contribution in [0.5, 0.6) is 5.75 Å². The number of allylic oxidation sites excluding steroid dienone is 1. The summed E-state index contributed by atoms with van der Waals surface area (Å²) in [6.07, 6.45) is 3.11. The van der Waals surface area contributed by atoms with Gasteiger partial charge in [-0.25, -0.2) is 0 Å². The van der Waals surface area contributed by atoms with E-state index in [1.165, 1.54) is 6.08 Å². The third-order valence-electron chi connectivity index (χ3n) is 3.51. The quantitative estimate of drug-likeness (QED) is 0.455. The molecular formula is C20H15ClO3. The average Bonchev–Trinajstić information content (AvgIpc) is 3.08. The van der Waals surface area contributed by atoms with Crippen molar-refractivity contribution in [2.24, 2.45) is 0 Å². The molecule has 0 saturated heterocycles. The van der Waals surface area contributed by atoms with Gasteiger partial charge in [0.2, 0.25) is 0 Å². The van der Waals surface area contributed by atoms with E-state index in [1.54, 1.807) is 37.5 Å². The molecule has 0 aliphatic rings. The van der Waals surface area contributed by atoms with Crippen molar-refractivity contribution in [3.8, 4) is 17.1 Å². The highest BCUT2D eigenvalue weighted by atomic mass is 35.5. The van der Waals surface area contributed by atoms with Crippen LogP contribution in [-0.2, 0) is 0 Å². The van der Waals surface area contributed by atoms with Gasteiger partial charge in [0.1, 0.15) is 17.3 Å². The van der Waals surface area contributed by atoms with E-state index < -0.39 is 0 Å². The number of ether oxygens (including phenoxy) is 1. The number of rotatable bonds is 5. The van der Waals surface area contributed by atoms with Gasteiger partial charge in [-0.15, -0.1) is 0 Å². The topological polar surface area (TPSA) is 39.4 Å². The molecule has 0 atom stereocenters. The van der Waals surface area contributed by atoms with E-state index in [0.29, 0.717) is 27.9 Å². The van der Waals surface area contributed by atoms with Gasteiger partial charge in [0.25, 0.3) is 0 Å². The van der Waals surface area contributed by atoms with E-state index in [0.717, 1.165) is 5.56 Å². The zero-order valence-electron chi connectivity index (χ0n) is 13.0. The summed E-state index contributed by atoms with van der Waals surface area (Å²) in [5, 5.41) is 0.646. The number of carbonyl (C=O) groups is 1. The first-order valence-electron chi connectivity index (χ1n) is 7.38. The molecule has 0 fully saturated rings. The van der Waals surface area contributed by atoms with Crippen LogP contribution >= 0.6 is 11.6 Å². The first kappa shape index (κ1) is 16.1. The molecule has 2 aromatic carbocycles. The highest BCUT2D eigenvalue weighted by Crippen LogP contribution is 2.25. The molecule has 0 unspecified atom stereocenters. The molecule has 0 amide bonds. The zero-order valence-corrected chi connectivity index (χ0v) is 13.8. The SMILES string of the molecule is COc1ccccc1C(=O)/C=C/c1ccc(-c2cccc(Cl)c2)o1. The fraction of sp³-hybridized carbons (Fsp3) is 0.0500. The standard InChI is InChI=1S/C20H15ClO3/c1-23-20-8-3-2-7-17(20)18(22)11-9-16-10-12-19(24-16)14-5-4-6-15(21)13-14/h2-13H,1H3/b11-9+. The van der Waals surface area contributed by atoms with Crippen LogP contribution in [0, 0.1) is 0 Å². The average molecular weight is 339 g/mol. The minimum atomic E-state index is -0.145. The van der Waals surface area contributed by atoms with Crippen molar-refractivity contribution in [1.82, 2.24) is 0 Å².